The van der Waals surface area contributed by atoms with Crippen LogP contribution in [0.1, 0.15) is 11.1 Å². The Morgan fingerprint density at radius 3 is 2.72 bits per heavy atom. The maximum atomic E-state index is 14.8. The monoisotopic (exact) mass is 386 g/mol. The Balaban J connectivity index is 1.47. The first-order chi connectivity index (χ1) is 14.1. The van der Waals surface area contributed by atoms with Gasteiger partial charge in [-0.1, -0.05) is 18.2 Å². The van der Waals surface area contributed by atoms with Gasteiger partial charge in [-0.3, -0.25) is 14.2 Å². The van der Waals surface area contributed by atoms with Crippen molar-refractivity contribution in [1.29, 1.82) is 0 Å². The molecule has 7 heteroatoms. The summed E-state index contributed by atoms with van der Waals surface area (Å²) in [5.74, 6) is -0.446. The van der Waals surface area contributed by atoms with Gasteiger partial charge in [0.2, 0.25) is 5.91 Å². The second-order valence-corrected chi connectivity index (χ2v) is 6.96. The number of benzene rings is 2. The Kier molecular flexibility index (Phi) is 3.94. The van der Waals surface area contributed by atoms with Crippen LogP contribution in [0.4, 0.5) is 10.1 Å². The molecule has 1 amide bonds. The zero-order valence-electron chi connectivity index (χ0n) is 15.2. The molecule has 0 saturated heterocycles. The highest BCUT2D eigenvalue weighted by Gasteiger charge is 2.18. The Morgan fingerprint density at radius 1 is 1.03 bits per heavy atom. The third kappa shape index (κ3) is 3.06. The summed E-state index contributed by atoms with van der Waals surface area (Å²) in [6.45, 7) is 0.0748. The molecular formula is C22H15FN4O2. The lowest BCUT2D eigenvalue weighted by atomic mass is 10.00. The molecule has 2 aromatic heterocycles. The molecule has 0 radical (unpaired) electrons. The van der Waals surface area contributed by atoms with E-state index in [1.54, 1.807) is 24.4 Å². The second kappa shape index (κ2) is 6.63. The predicted molar refractivity (Wildman–Crippen MR) is 107 cm³/mol. The highest BCUT2D eigenvalue weighted by atomic mass is 19.1. The number of anilines is 1. The largest absolute Gasteiger partial charge is 0.326 e. The minimum absolute atomic E-state index is 0.0386. The number of hydrogen-bond acceptors (Lipinski definition) is 4. The fourth-order valence-corrected chi connectivity index (χ4v) is 3.56. The number of rotatable bonds is 3. The molecule has 1 aliphatic heterocycles. The Hall–Kier alpha value is -3.87. The van der Waals surface area contributed by atoms with Gasteiger partial charge >= 0.3 is 0 Å². The van der Waals surface area contributed by atoms with Crippen molar-refractivity contribution in [2.75, 3.05) is 5.32 Å². The molecule has 2 aromatic carbocycles. The smallest absolute Gasteiger partial charge is 0.263 e. The van der Waals surface area contributed by atoms with E-state index in [2.05, 4.69) is 15.3 Å². The summed E-state index contributed by atoms with van der Waals surface area (Å²) in [5.41, 5.74) is 3.74. The first-order valence-electron chi connectivity index (χ1n) is 9.10. The molecule has 6 nitrogen and oxygen atoms in total. The minimum atomic E-state index is -0.407. The molecule has 0 saturated carbocycles. The number of nitrogens with zero attached hydrogens (tertiary/aromatic N) is 3. The van der Waals surface area contributed by atoms with Crippen LogP contribution in [0.3, 0.4) is 0 Å². The molecular weight excluding hydrogens is 371 g/mol. The van der Waals surface area contributed by atoms with Crippen LogP contribution in [0.15, 0.2) is 65.8 Å². The Bertz CT molecular complexity index is 1350. The lowest BCUT2D eigenvalue weighted by Crippen LogP contribution is -2.21. The van der Waals surface area contributed by atoms with E-state index in [4.69, 9.17) is 0 Å². The van der Waals surface area contributed by atoms with Crippen molar-refractivity contribution < 1.29 is 9.18 Å². The van der Waals surface area contributed by atoms with E-state index in [9.17, 15) is 14.0 Å². The highest BCUT2D eigenvalue weighted by molar-refractivity contribution is 5.99. The standard InChI is InChI=1S/C22H15FN4O2/c23-18-9-14(13-5-6-19-16(8-13)10-20(28)26-19)3-4-15(18)11-27-12-25-21-17(22(27)29)2-1-7-24-21/h1-9,12H,10-11H2,(H,26,28). The summed E-state index contributed by atoms with van der Waals surface area (Å²) in [6, 6.07) is 13.8. The van der Waals surface area contributed by atoms with Gasteiger partial charge in [0.1, 0.15) is 12.1 Å². The second-order valence-electron chi connectivity index (χ2n) is 6.96. The van der Waals surface area contributed by atoms with Crippen molar-refractivity contribution in [1.82, 2.24) is 14.5 Å². The van der Waals surface area contributed by atoms with Crippen molar-refractivity contribution in [3.05, 3.63) is 88.4 Å². The molecule has 142 valence electrons. The number of halogens is 1. The molecule has 5 rings (SSSR count). The lowest BCUT2D eigenvalue weighted by molar-refractivity contribution is -0.115. The maximum absolute atomic E-state index is 14.8. The molecule has 0 bridgehead atoms. The van der Waals surface area contributed by atoms with E-state index < -0.39 is 5.82 Å². The van der Waals surface area contributed by atoms with E-state index in [1.807, 2.05) is 24.3 Å². The fraction of sp³-hybridized carbons (Fsp3) is 0.0909. The molecule has 29 heavy (non-hydrogen) atoms. The van der Waals surface area contributed by atoms with Crippen LogP contribution in [0.5, 0.6) is 0 Å². The van der Waals surface area contributed by atoms with Gasteiger partial charge < -0.3 is 5.32 Å². The number of nitrogens with one attached hydrogen (secondary N) is 1. The van der Waals surface area contributed by atoms with Gasteiger partial charge in [0.25, 0.3) is 5.56 Å². The number of carbonyl (C=O) groups is 1. The number of pyridine rings is 1. The Labute approximate surface area is 164 Å². The number of fused-ring (bicyclic) bond motifs is 2. The normalized spacial score (nSPS) is 12.8. The molecule has 3 heterocycles. The number of amides is 1. The number of aromatic nitrogens is 3. The molecule has 1 aliphatic rings. The van der Waals surface area contributed by atoms with E-state index in [-0.39, 0.29) is 18.0 Å². The highest BCUT2D eigenvalue weighted by Crippen LogP contribution is 2.30. The third-order valence-electron chi connectivity index (χ3n) is 5.05. The minimum Gasteiger partial charge on any atom is -0.326 e. The number of carbonyl (C=O) groups excluding carboxylic acids is 1. The molecule has 4 aromatic rings. The van der Waals surface area contributed by atoms with Gasteiger partial charge in [0.15, 0.2) is 5.65 Å². The van der Waals surface area contributed by atoms with E-state index in [0.29, 0.717) is 28.6 Å². The van der Waals surface area contributed by atoms with Gasteiger partial charge in [-0.05, 0) is 47.0 Å². The van der Waals surface area contributed by atoms with Crippen molar-refractivity contribution in [2.24, 2.45) is 0 Å². The predicted octanol–water partition coefficient (Wildman–Crippen LogP) is 3.14. The lowest BCUT2D eigenvalue weighted by Gasteiger charge is -2.10. The topological polar surface area (TPSA) is 76.9 Å². The summed E-state index contributed by atoms with van der Waals surface area (Å²) in [4.78, 5) is 32.3. The average Bonchev–Trinajstić information content (AvgIpc) is 3.10. The van der Waals surface area contributed by atoms with Gasteiger partial charge in [0, 0.05) is 17.4 Å². The van der Waals surface area contributed by atoms with Crippen molar-refractivity contribution in [2.45, 2.75) is 13.0 Å². The van der Waals surface area contributed by atoms with Crippen LogP contribution in [0, 0.1) is 5.82 Å². The van der Waals surface area contributed by atoms with Gasteiger partial charge in [0.05, 0.1) is 18.4 Å². The SMILES string of the molecule is O=C1Cc2cc(-c3ccc(Cn4cnc5ncccc5c4=O)c(F)c3)ccc2N1. The van der Waals surface area contributed by atoms with Gasteiger partial charge in [-0.2, -0.15) is 0 Å². The van der Waals surface area contributed by atoms with Crippen LogP contribution < -0.4 is 10.9 Å². The first kappa shape index (κ1) is 17.2. The van der Waals surface area contributed by atoms with Crippen LogP contribution in [0.2, 0.25) is 0 Å². The molecule has 0 aliphatic carbocycles. The van der Waals surface area contributed by atoms with Crippen molar-refractivity contribution in [3.8, 4) is 11.1 Å². The number of hydrogen-bond donors (Lipinski definition) is 1. The van der Waals surface area contributed by atoms with Crippen LogP contribution in [0.25, 0.3) is 22.2 Å². The van der Waals surface area contributed by atoms with E-state index in [0.717, 1.165) is 16.8 Å². The molecule has 1 N–H and O–H groups in total. The first-order valence-corrected chi connectivity index (χ1v) is 9.10. The average molecular weight is 386 g/mol. The third-order valence-corrected chi connectivity index (χ3v) is 5.05. The molecule has 0 atom stereocenters. The summed E-state index contributed by atoms with van der Waals surface area (Å²) < 4.78 is 16.2. The van der Waals surface area contributed by atoms with Crippen molar-refractivity contribution in [3.63, 3.8) is 0 Å². The van der Waals surface area contributed by atoms with E-state index >= 15 is 0 Å². The zero-order chi connectivity index (χ0) is 20.0. The quantitative estimate of drug-likeness (QED) is 0.587. The Morgan fingerprint density at radius 2 is 1.86 bits per heavy atom. The van der Waals surface area contributed by atoms with Crippen LogP contribution in [-0.4, -0.2) is 20.4 Å². The fourth-order valence-electron chi connectivity index (χ4n) is 3.56. The summed E-state index contributed by atoms with van der Waals surface area (Å²) in [5, 5.41) is 3.18. The van der Waals surface area contributed by atoms with Crippen LogP contribution >= 0.6 is 0 Å². The zero-order valence-corrected chi connectivity index (χ0v) is 15.2. The van der Waals surface area contributed by atoms with Crippen LogP contribution in [-0.2, 0) is 17.8 Å². The van der Waals surface area contributed by atoms with E-state index in [1.165, 1.54) is 17.0 Å². The van der Waals surface area contributed by atoms with Crippen molar-refractivity contribution >= 4 is 22.6 Å². The summed E-state index contributed by atoms with van der Waals surface area (Å²) >= 11 is 0. The van der Waals surface area contributed by atoms with Gasteiger partial charge in [-0.25, -0.2) is 14.4 Å². The maximum Gasteiger partial charge on any atom is 0.263 e. The molecule has 0 unspecified atom stereocenters. The summed E-state index contributed by atoms with van der Waals surface area (Å²) in [7, 11) is 0. The van der Waals surface area contributed by atoms with Gasteiger partial charge in [-0.15, -0.1) is 0 Å². The molecule has 0 fully saturated rings. The molecule has 0 spiro atoms. The summed E-state index contributed by atoms with van der Waals surface area (Å²) in [6.07, 6.45) is 3.29.